The first-order chi connectivity index (χ1) is 12.2. The molecule has 0 amide bonds. The summed E-state index contributed by atoms with van der Waals surface area (Å²) in [5, 5.41) is 22.1. The minimum atomic E-state index is -0.920. The summed E-state index contributed by atoms with van der Waals surface area (Å²) >= 11 is 0. The number of hydrogen-bond acceptors (Lipinski definition) is 3. The fourth-order valence-corrected chi connectivity index (χ4v) is 6.58. The summed E-state index contributed by atoms with van der Waals surface area (Å²) < 4.78 is 0. The van der Waals surface area contributed by atoms with Gasteiger partial charge in [-0.25, -0.2) is 0 Å². The van der Waals surface area contributed by atoms with Gasteiger partial charge in [0.1, 0.15) is 11.4 Å². The van der Waals surface area contributed by atoms with Crippen molar-refractivity contribution in [3.05, 3.63) is 35.1 Å². The van der Waals surface area contributed by atoms with E-state index < -0.39 is 11.0 Å². The molecule has 4 aliphatic rings. The van der Waals surface area contributed by atoms with Gasteiger partial charge in [0.05, 0.1) is 5.41 Å². The van der Waals surface area contributed by atoms with Gasteiger partial charge in [-0.1, -0.05) is 24.5 Å². The van der Waals surface area contributed by atoms with Crippen molar-refractivity contribution in [2.24, 2.45) is 28.6 Å². The number of rotatable bonds is 0. The van der Waals surface area contributed by atoms with Crippen molar-refractivity contribution >= 4 is 5.78 Å². The van der Waals surface area contributed by atoms with Crippen LogP contribution in [0.25, 0.3) is 0 Å². The molecule has 0 aromatic rings. The summed E-state index contributed by atoms with van der Waals surface area (Å²) in [5.41, 5.74) is 0.402. The van der Waals surface area contributed by atoms with Crippen LogP contribution in [0, 0.1) is 40.4 Å². The predicted octanol–water partition coefficient (Wildman–Crippen LogP) is 4.10. The Hall–Kier alpha value is -1.79. The van der Waals surface area contributed by atoms with Gasteiger partial charge < -0.3 is 10.2 Å². The minimum Gasteiger partial charge on any atom is -0.511 e. The van der Waals surface area contributed by atoms with Crippen LogP contribution in [0.2, 0.25) is 0 Å². The van der Waals surface area contributed by atoms with Crippen LogP contribution in [0.4, 0.5) is 0 Å². The highest BCUT2D eigenvalue weighted by Gasteiger charge is 2.64. The molecule has 2 N–H and O–H groups in total. The summed E-state index contributed by atoms with van der Waals surface area (Å²) in [7, 11) is 0. The molecule has 0 aromatic carbocycles. The second-order valence-electron chi connectivity index (χ2n) is 9.06. The summed E-state index contributed by atoms with van der Waals surface area (Å²) in [6.45, 7) is 8.12. The molecule has 4 rings (SSSR count). The van der Waals surface area contributed by atoms with Crippen LogP contribution in [0.1, 0.15) is 53.4 Å². The second kappa shape index (κ2) is 5.36. The van der Waals surface area contributed by atoms with E-state index in [0.29, 0.717) is 12.3 Å². The largest absolute Gasteiger partial charge is 0.511 e. The van der Waals surface area contributed by atoms with Crippen LogP contribution in [-0.2, 0) is 4.79 Å². The molecule has 138 valence electrons. The van der Waals surface area contributed by atoms with Crippen molar-refractivity contribution in [1.29, 1.82) is 0 Å². The van der Waals surface area contributed by atoms with Crippen molar-refractivity contribution in [1.82, 2.24) is 0 Å². The van der Waals surface area contributed by atoms with E-state index in [9.17, 15) is 15.0 Å². The summed E-state index contributed by atoms with van der Waals surface area (Å²) in [5.74, 6) is 7.00. The fraction of sp³-hybridized carbons (Fsp3) is 0.609. The number of hydrogen-bond donors (Lipinski definition) is 2. The Balaban J connectivity index is 1.83. The molecule has 3 heteroatoms. The van der Waals surface area contributed by atoms with Crippen molar-refractivity contribution in [3.63, 3.8) is 0 Å². The quantitative estimate of drug-likeness (QED) is 0.645. The van der Waals surface area contributed by atoms with Gasteiger partial charge in [-0.3, -0.25) is 4.79 Å². The Morgan fingerprint density at radius 2 is 1.85 bits per heavy atom. The lowest BCUT2D eigenvalue weighted by Gasteiger charge is -2.56. The molecule has 0 aromatic heterocycles. The van der Waals surface area contributed by atoms with Gasteiger partial charge >= 0.3 is 0 Å². The number of carbonyl (C=O) groups excluding carboxylic acids is 1. The first-order valence-electron chi connectivity index (χ1n) is 9.70. The zero-order chi connectivity index (χ0) is 18.9. The number of carbonyl (C=O) groups is 1. The average molecular weight is 352 g/mol. The lowest BCUT2D eigenvalue weighted by atomic mass is 9.48. The van der Waals surface area contributed by atoms with E-state index in [-0.39, 0.29) is 28.8 Å². The van der Waals surface area contributed by atoms with E-state index in [0.717, 1.165) is 30.4 Å². The predicted molar refractivity (Wildman–Crippen MR) is 101 cm³/mol. The topological polar surface area (TPSA) is 57.5 Å². The highest BCUT2D eigenvalue weighted by atomic mass is 16.3. The molecule has 4 aliphatic carbocycles. The molecular weight excluding hydrogens is 324 g/mol. The van der Waals surface area contributed by atoms with Gasteiger partial charge in [-0.05, 0) is 75.9 Å². The van der Waals surface area contributed by atoms with E-state index in [1.54, 1.807) is 13.0 Å². The highest BCUT2D eigenvalue weighted by molar-refractivity contribution is 6.02. The molecule has 2 saturated carbocycles. The van der Waals surface area contributed by atoms with Crippen LogP contribution in [0.15, 0.2) is 35.1 Å². The Labute approximate surface area is 155 Å². The summed E-state index contributed by atoms with van der Waals surface area (Å²) in [6, 6.07) is 0. The van der Waals surface area contributed by atoms with Gasteiger partial charge in [-0.15, -0.1) is 5.92 Å². The first kappa shape index (κ1) is 17.6. The monoisotopic (exact) mass is 352 g/mol. The average Bonchev–Trinajstić information content (AvgIpc) is 2.82. The molecule has 0 saturated heterocycles. The first-order valence-corrected chi connectivity index (χ1v) is 9.70. The third-order valence-corrected chi connectivity index (χ3v) is 8.08. The van der Waals surface area contributed by atoms with E-state index in [2.05, 4.69) is 31.8 Å². The molecule has 0 radical (unpaired) electrons. The molecular formula is C23H28O3. The maximum Gasteiger partial charge on any atom is 0.182 e. The maximum atomic E-state index is 12.0. The molecule has 1 unspecified atom stereocenters. The fourth-order valence-electron chi connectivity index (χ4n) is 6.58. The van der Waals surface area contributed by atoms with Crippen LogP contribution in [-0.4, -0.2) is 21.6 Å². The smallest absolute Gasteiger partial charge is 0.182 e. The second-order valence-corrected chi connectivity index (χ2v) is 9.06. The number of allylic oxidation sites excluding steroid dienone is 5. The number of aliphatic hydroxyl groups is 2. The van der Waals surface area contributed by atoms with Crippen molar-refractivity contribution in [2.45, 2.75) is 59.0 Å². The standard InChI is InChI=1S/C23H28O3/c1-5-8-23(26)10-7-17-16-11-14(2)19-12-15(24)13-20(25)22(19,4)18(16)6-9-21(17,23)3/h11-13,16-18,25-26H,6-7,9-10H2,1-4H3/t16-,17-,18-,21-,22+,23?/m0/s1. The van der Waals surface area contributed by atoms with E-state index in [1.807, 2.05) is 6.92 Å². The third-order valence-electron chi connectivity index (χ3n) is 8.08. The molecule has 0 spiro atoms. The molecule has 6 atom stereocenters. The maximum absolute atomic E-state index is 12.0. The van der Waals surface area contributed by atoms with Crippen molar-refractivity contribution in [3.8, 4) is 11.8 Å². The van der Waals surface area contributed by atoms with Gasteiger partial charge in [0.25, 0.3) is 0 Å². The Bertz CT molecular complexity index is 835. The van der Waals surface area contributed by atoms with Gasteiger partial charge in [0.15, 0.2) is 5.78 Å². The van der Waals surface area contributed by atoms with Crippen LogP contribution in [0.5, 0.6) is 0 Å². The normalized spacial score (nSPS) is 46.7. The Morgan fingerprint density at radius 3 is 2.54 bits per heavy atom. The SMILES string of the molecule is CC#CC1(O)CC[C@H]2[C@@H]3C=C(C)C4=CC(=O)C=C(O)[C@]4(C)[C@H]3CC[C@@]21C. The lowest BCUT2D eigenvalue weighted by Crippen LogP contribution is -2.54. The third kappa shape index (κ3) is 1.97. The Kier molecular flexibility index (Phi) is 3.63. The molecule has 2 fully saturated rings. The van der Waals surface area contributed by atoms with Crippen LogP contribution >= 0.6 is 0 Å². The summed E-state index contributed by atoms with van der Waals surface area (Å²) in [6.07, 6.45) is 8.85. The van der Waals surface area contributed by atoms with Gasteiger partial charge in [0, 0.05) is 11.5 Å². The lowest BCUT2D eigenvalue weighted by molar-refractivity contribution is -0.111. The van der Waals surface area contributed by atoms with Crippen LogP contribution < -0.4 is 0 Å². The zero-order valence-corrected chi connectivity index (χ0v) is 16.1. The molecule has 3 nitrogen and oxygen atoms in total. The number of fused-ring (bicyclic) bond motifs is 5. The van der Waals surface area contributed by atoms with Gasteiger partial charge in [-0.2, -0.15) is 0 Å². The molecule has 0 bridgehead atoms. The molecule has 26 heavy (non-hydrogen) atoms. The minimum absolute atomic E-state index is 0.129. The Morgan fingerprint density at radius 1 is 1.15 bits per heavy atom. The molecule has 0 heterocycles. The highest BCUT2D eigenvalue weighted by Crippen LogP contribution is 2.67. The zero-order valence-electron chi connectivity index (χ0n) is 16.1. The number of aliphatic hydroxyl groups excluding tert-OH is 1. The number of ketones is 1. The van der Waals surface area contributed by atoms with E-state index in [1.165, 1.54) is 6.08 Å². The van der Waals surface area contributed by atoms with E-state index in [4.69, 9.17) is 0 Å². The van der Waals surface area contributed by atoms with E-state index >= 15 is 0 Å². The molecule has 0 aliphatic heterocycles. The summed E-state index contributed by atoms with van der Waals surface area (Å²) in [4.78, 5) is 12.0. The van der Waals surface area contributed by atoms with Crippen LogP contribution in [0.3, 0.4) is 0 Å². The van der Waals surface area contributed by atoms with Crippen molar-refractivity contribution < 1.29 is 15.0 Å². The van der Waals surface area contributed by atoms with Gasteiger partial charge in [0.2, 0.25) is 0 Å². The van der Waals surface area contributed by atoms with Crippen molar-refractivity contribution in [2.75, 3.05) is 0 Å².